The van der Waals surface area contributed by atoms with Crippen LogP contribution in [0.1, 0.15) is 15.9 Å². The van der Waals surface area contributed by atoms with Gasteiger partial charge in [-0.25, -0.2) is 9.97 Å². The van der Waals surface area contributed by atoms with Gasteiger partial charge in [0.2, 0.25) is 11.8 Å². The average molecular weight is 519 g/mol. The summed E-state index contributed by atoms with van der Waals surface area (Å²) in [6, 6.07) is 17.7. The van der Waals surface area contributed by atoms with Crippen molar-refractivity contribution in [2.45, 2.75) is 6.18 Å². The van der Waals surface area contributed by atoms with Crippen LogP contribution < -0.4 is 10.5 Å². The molecule has 0 atom stereocenters. The first-order valence-corrected chi connectivity index (χ1v) is 11.9. The molecule has 0 saturated carbocycles. The summed E-state index contributed by atoms with van der Waals surface area (Å²) in [5.74, 6) is -0.118. The van der Waals surface area contributed by atoms with E-state index in [1.54, 1.807) is 54.6 Å². The van der Waals surface area contributed by atoms with Crippen LogP contribution in [-0.2, 0) is 6.18 Å². The molecule has 1 fully saturated rings. The largest absolute Gasteiger partial charge is 0.436 e. The van der Waals surface area contributed by atoms with E-state index in [-0.39, 0.29) is 41.2 Å². The Bertz CT molecular complexity index is 1720. The van der Waals surface area contributed by atoms with Crippen molar-refractivity contribution in [2.24, 2.45) is 0 Å². The quantitative estimate of drug-likeness (QED) is 0.371. The number of fused-ring (bicyclic) bond motifs is 2. The summed E-state index contributed by atoms with van der Waals surface area (Å²) in [5.41, 5.74) is -0.797. The van der Waals surface area contributed by atoms with Crippen LogP contribution in [0.25, 0.3) is 33.5 Å². The Morgan fingerprint density at radius 1 is 0.921 bits per heavy atom. The van der Waals surface area contributed by atoms with E-state index in [1.165, 1.54) is 11.0 Å². The fourth-order valence-corrected chi connectivity index (χ4v) is 4.60. The van der Waals surface area contributed by atoms with Gasteiger partial charge in [0.05, 0.1) is 16.5 Å². The fourth-order valence-electron chi connectivity index (χ4n) is 4.60. The van der Waals surface area contributed by atoms with Crippen LogP contribution in [-0.4, -0.2) is 51.9 Å². The number of nitrogens with zero attached hydrogens (tertiary/aromatic N) is 4. The number of anilines is 1. The van der Waals surface area contributed by atoms with Crippen LogP contribution >= 0.6 is 0 Å². The molecule has 2 aromatic heterocycles. The third-order valence-corrected chi connectivity index (χ3v) is 6.53. The number of nitrogens with one attached hydrogen (secondary N) is 1. The number of oxazole rings is 1. The fraction of sp³-hybridized carbons (Fsp3) is 0.185. The summed E-state index contributed by atoms with van der Waals surface area (Å²) >= 11 is 0. The van der Waals surface area contributed by atoms with E-state index in [4.69, 9.17) is 4.42 Å². The SMILES string of the molecule is O=C(c1cc(C(F)(F)F)c2nc(-c3ccccc3)oc2c1)N1CCN(c2nc3ccccc3c(=O)[nH]2)CC1. The van der Waals surface area contributed by atoms with Gasteiger partial charge >= 0.3 is 6.18 Å². The van der Waals surface area contributed by atoms with E-state index in [2.05, 4.69) is 15.0 Å². The average Bonchev–Trinajstić information content (AvgIpc) is 3.36. The Balaban J connectivity index is 1.27. The first-order chi connectivity index (χ1) is 18.3. The Morgan fingerprint density at radius 2 is 1.63 bits per heavy atom. The molecule has 3 aromatic carbocycles. The highest BCUT2D eigenvalue weighted by Crippen LogP contribution is 2.37. The number of halogens is 3. The lowest BCUT2D eigenvalue weighted by Gasteiger charge is -2.35. The second-order valence-electron chi connectivity index (χ2n) is 8.94. The highest BCUT2D eigenvalue weighted by Gasteiger charge is 2.36. The second-order valence-corrected chi connectivity index (χ2v) is 8.94. The maximum atomic E-state index is 13.9. The summed E-state index contributed by atoms with van der Waals surface area (Å²) < 4.78 is 47.5. The van der Waals surface area contributed by atoms with Crippen molar-refractivity contribution in [1.82, 2.24) is 19.9 Å². The van der Waals surface area contributed by atoms with Gasteiger partial charge in [-0.2, -0.15) is 13.2 Å². The van der Waals surface area contributed by atoms with Crippen molar-refractivity contribution in [3.63, 3.8) is 0 Å². The van der Waals surface area contributed by atoms with Crippen molar-refractivity contribution < 1.29 is 22.4 Å². The second kappa shape index (κ2) is 9.02. The monoisotopic (exact) mass is 519 g/mol. The zero-order valence-corrected chi connectivity index (χ0v) is 19.8. The van der Waals surface area contributed by atoms with Crippen molar-refractivity contribution >= 4 is 33.9 Å². The van der Waals surface area contributed by atoms with Gasteiger partial charge in [-0.3, -0.25) is 14.6 Å². The molecule has 0 unspecified atom stereocenters. The van der Waals surface area contributed by atoms with Gasteiger partial charge in [-0.05, 0) is 36.4 Å². The summed E-state index contributed by atoms with van der Waals surface area (Å²) in [4.78, 5) is 40.4. The van der Waals surface area contributed by atoms with Crippen LogP contribution in [0, 0.1) is 0 Å². The molecule has 8 nitrogen and oxygen atoms in total. The Morgan fingerprint density at radius 3 is 2.37 bits per heavy atom. The van der Waals surface area contributed by atoms with E-state index in [9.17, 15) is 22.8 Å². The number of rotatable bonds is 3. The number of amides is 1. The van der Waals surface area contributed by atoms with Crippen LogP contribution in [0.4, 0.5) is 19.1 Å². The molecule has 0 bridgehead atoms. The normalized spacial score (nSPS) is 14.4. The number of aromatic nitrogens is 3. The molecule has 0 spiro atoms. The van der Waals surface area contributed by atoms with E-state index >= 15 is 0 Å². The minimum atomic E-state index is -4.73. The number of aromatic amines is 1. The zero-order valence-electron chi connectivity index (χ0n) is 19.8. The number of hydrogen-bond acceptors (Lipinski definition) is 6. The third kappa shape index (κ3) is 4.25. The lowest BCUT2D eigenvalue weighted by atomic mass is 10.1. The number of alkyl halides is 3. The summed E-state index contributed by atoms with van der Waals surface area (Å²) in [6.45, 7) is 1.17. The number of benzene rings is 3. The molecule has 1 saturated heterocycles. The maximum absolute atomic E-state index is 13.9. The molecule has 5 aromatic rings. The van der Waals surface area contributed by atoms with Crippen LogP contribution in [0.5, 0.6) is 0 Å². The minimum absolute atomic E-state index is 0.0428. The standard InChI is InChI=1S/C27H20F3N5O3/c28-27(29,30)19-14-17(15-21-22(19)32-24(38-21)16-6-2-1-3-7-16)25(37)34-10-12-35(13-11-34)26-31-20-9-5-4-8-18(20)23(36)33-26/h1-9,14-15H,10-13H2,(H,31,33,36). The van der Waals surface area contributed by atoms with Gasteiger partial charge in [0.1, 0.15) is 5.52 Å². The number of piperazine rings is 1. The molecule has 0 radical (unpaired) electrons. The molecule has 1 aliphatic heterocycles. The highest BCUT2D eigenvalue weighted by atomic mass is 19.4. The van der Waals surface area contributed by atoms with Gasteiger partial charge < -0.3 is 14.2 Å². The Labute approximate surface area is 213 Å². The Hall–Kier alpha value is -4.67. The van der Waals surface area contributed by atoms with Crippen LogP contribution in [0.3, 0.4) is 0 Å². The predicted octanol–water partition coefficient (Wildman–Crippen LogP) is 4.71. The van der Waals surface area contributed by atoms with Crippen molar-refractivity contribution in [3.05, 3.63) is 88.2 Å². The first kappa shape index (κ1) is 23.7. The summed E-state index contributed by atoms with van der Waals surface area (Å²) in [5, 5.41) is 0.476. The van der Waals surface area contributed by atoms with Gasteiger partial charge in [-0.15, -0.1) is 0 Å². The molecule has 11 heteroatoms. The lowest BCUT2D eigenvalue weighted by Crippen LogP contribution is -2.49. The molecule has 0 aliphatic carbocycles. The maximum Gasteiger partial charge on any atom is 0.418 e. The highest BCUT2D eigenvalue weighted by molar-refractivity contribution is 5.98. The number of carbonyl (C=O) groups is 1. The molecule has 6 rings (SSSR count). The topological polar surface area (TPSA) is 95.3 Å². The van der Waals surface area contributed by atoms with Crippen LogP contribution in [0.2, 0.25) is 0 Å². The van der Waals surface area contributed by atoms with Crippen molar-refractivity contribution in [1.29, 1.82) is 0 Å². The lowest BCUT2D eigenvalue weighted by molar-refractivity contribution is -0.136. The molecule has 1 amide bonds. The molecule has 192 valence electrons. The van der Waals surface area contributed by atoms with Crippen LogP contribution in [0.15, 0.2) is 75.9 Å². The van der Waals surface area contributed by atoms with E-state index < -0.39 is 17.6 Å². The van der Waals surface area contributed by atoms with Gasteiger partial charge in [0, 0.05) is 37.3 Å². The third-order valence-electron chi connectivity index (χ3n) is 6.53. The molecule has 38 heavy (non-hydrogen) atoms. The number of hydrogen-bond donors (Lipinski definition) is 1. The molecule has 1 aliphatic rings. The van der Waals surface area contributed by atoms with Gasteiger partial charge in [-0.1, -0.05) is 30.3 Å². The molecular weight excluding hydrogens is 499 g/mol. The predicted molar refractivity (Wildman–Crippen MR) is 135 cm³/mol. The molecule has 1 N–H and O–H groups in total. The van der Waals surface area contributed by atoms with Gasteiger partial charge in [0.25, 0.3) is 11.5 Å². The summed E-state index contributed by atoms with van der Waals surface area (Å²) in [6.07, 6.45) is -4.73. The van der Waals surface area contributed by atoms with E-state index in [0.717, 1.165) is 6.07 Å². The number of para-hydroxylation sites is 1. The smallest absolute Gasteiger partial charge is 0.418 e. The van der Waals surface area contributed by atoms with Crippen molar-refractivity contribution in [2.75, 3.05) is 31.1 Å². The first-order valence-electron chi connectivity index (χ1n) is 11.9. The van der Waals surface area contributed by atoms with E-state index in [0.29, 0.717) is 35.5 Å². The molecule has 3 heterocycles. The summed E-state index contributed by atoms with van der Waals surface area (Å²) in [7, 11) is 0. The Kier molecular flexibility index (Phi) is 5.63. The minimum Gasteiger partial charge on any atom is -0.436 e. The zero-order chi connectivity index (χ0) is 26.4. The number of carbonyl (C=O) groups excluding carboxylic acids is 1. The molecular formula is C27H20F3N5O3. The number of H-pyrrole nitrogens is 1. The van der Waals surface area contributed by atoms with Gasteiger partial charge in [0.15, 0.2) is 5.58 Å². The van der Waals surface area contributed by atoms with Crippen molar-refractivity contribution in [3.8, 4) is 11.5 Å². The van der Waals surface area contributed by atoms with E-state index in [1.807, 2.05) is 4.90 Å².